The molecule has 0 atom stereocenters. The lowest BCUT2D eigenvalue weighted by atomic mass is 10.4. The molecule has 0 bridgehead atoms. The summed E-state index contributed by atoms with van der Waals surface area (Å²) < 4.78 is 4.85. The number of hydrogen-bond acceptors (Lipinski definition) is 8. The molecule has 9 heteroatoms. The van der Waals surface area contributed by atoms with Crippen LogP contribution in [0.1, 0.15) is 34.9 Å². The number of amides is 1. The number of carbonyl (C=O) groups excluding carboxylic acids is 1. The first-order valence-corrected chi connectivity index (χ1v) is 7.15. The Labute approximate surface area is 120 Å². The lowest BCUT2D eigenvalue weighted by molar-refractivity contribution is 0.0953. The van der Waals surface area contributed by atoms with Gasteiger partial charge >= 0.3 is 0 Å². The van der Waals surface area contributed by atoms with E-state index in [1.165, 1.54) is 11.3 Å². The van der Waals surface area contributed by atoms with Crippen molar-refractivity contribution in [2.75, 3.05) is 18.4 Å². The van der Waals surface area contributed by atoms with Gasteiger partial charge in [-0.05, 0) is 6.42 Å². The normalized spacial score (nSPS) is 10.5. The molecule has 0 radical (unpaired) electrons. The van der Waals surface area contributed by atoms with Gasteiger partial charge < -0.3 is 15.2 Å². The number of hydrogen-bond donors (Lipinski definition) is 2. The molecule has 2 aromatic heterocycles. The summed E-state index contributed by atoms with van der Waals surface area (Å²) in [5.74, 6) is 0.847. The van der Waals surface area contributed by atoms with Crippen LogP contribution < -0.4 is 10.6 Å². The summed E-state index contributed by atoms with van der Waals surface area (Å²) in [5.41, 5.74) is 0. The maximum atomic E-state index is 11.8. The van der Waals surface area contributed by atoms with Gasteiger partial charge in [0.1, 0.15) is 0 Å². The molecule has 0 spiro atoms. The summed E-state index contributed by atoms with van der Waals surface area (Å²) in [6, 6.07) is 0. The molecule has 20 heavy (non-hydrogen) atoms. The fraction of sp³-hybridized carbons (Fsp3) is 0.545. The van der Waals surface area contributed by atoms with E-state index in [0.29, 0.717) is 34.8 Å². The molecule has 0 unspecified atom stereocenters. The molecule has 0 aromatic carbocycles. The SMILES string of the molecule is CCCNc1nnc(C(=O)NCCc2noc(C)n2)s1. The zero-order valence-corrected chi connectivity index (χ0v) is 12.2. The Morgan fingerprint density at radius 1 is 1.35 bits per heavy atom. The van der Waals surface area contributed by atoms with Crippen LogP contribution >= 0.6 is 11.3 Å². The molecule has 2 rings (SSSR count). The van der Waals surface area contributed by atoms with Crippen molar-refractivity contribution in [3.8, 4) is 0 Å². The van der Waals surface area contributed by atoms with E-state index in [9.17, 15) is 4.79 Å². The van der Waals surface area contributed by atoms with E-state index in [1.807, 2.05) is 0 Å². The molecule has 0 aliphatic rings. The average molecular weight is 296 g/mol. The van der Waals surface area contributed by atoms with Gasteiger partial charge in [-0.25, -0.2) is 0 Å². The van der Waals surface area contributed by atoms with Crippen LogP contribution in [0.2, 0.25) is 0 Å². The Morgan fingerprint density at radius 2 is 2.20 bits per heavy atom. The summed E-state index contributed by atoms with van der Waals surface area (Å²) in [6.45, 7) is 5.02. The molecule has 108 valence electrons. The van der Waals surface area contributed by atoms with Crippen LogP contribution in [0.5, 0.6) is 0 Å². The minimum absolute atomic E-state index is 0.243. The molecule has 0 saturated heterocycles. The topological polar surface area (TPSA) is 106 Å². The van der Waals surface area contributed by atoms with Crippen LogP contribution in [0.25, 0.3) is 0 Å². The highest BCUT2D eigenvalue weighted by Crippen LogP contribution is 2.14. The number of nitrogens with one attached hydrogen (secondary N) is 2. The molecule has 0 fully saturated rings. The largest absolute Gasteiger partial charge is 0.360 e. The fourth-order valence-electron chi connectivity index (χ4n) is 1.42. The lowest BCUT2D eigenvalue weighted by Crippen LogP contribution is -2.25. The molecule has 0 saturated carbocycles. The zero-order valence-electron chi connectivity index (χ0n) is 11.3. The Kier molecular flexibility index (Phi) is 4.99. The summed E-state index contributed by atoms with van der Waals surface area (Å²) >= 11 is 1.24. The number of aromatic nitrogens is 4. The molecule has 2 heterocycles. The summed E-state index contributed by atoms with van der Waals surface area (Å²) in [4.78, 5) is 15.9. The van der Waals surface area contributed by atoms with Crippen LogP contribution in [0.15, 0.2) is 4.52 Å². The van der Waals surface area contributed by atoms with E-state index in [1.54, 1.807) is 6.92 Å². The Hall–Kier alpha value is -2.03. The van der Waals surface area contributed by atoms with Crippen LogP contribution in [-0.2, 0) is 6.42 Å². The van der Waals surface area contributed by atoms with Crippen molar-refractivity contribution in [2.24, 2.45) is 0 Å². The van der Waals surface area contributed by atoms with Crippen molar-refractivity contribution in [3.05, 3.63) is 16.7 Å². The summed E-state index contributed by atoms with van der Waals surface area (Å²) in [7, 11) is 0. The molecule has 2 aromatic rings. The Bertz CT molecular complexity index is 567. The average Bonchev–Trinajstić information content (AvgIpc) is 3.05. The van der Waals surface area contributed by atoms with Crippen molar-refractivity contribution in [1.29, 1.82) is 0 Å². The van der Waals surface area contributed by atoms with E-state index in [2.05, 4.69) is 37.9 Å². The second-order valence-corrected chi connectivity index (χ2v) is 5.05. The highest BCUT2D eigenvalue weighted by molar-refractivity contribution is 7.17. The van der Waals surface area contributed by atoms with E-state index in [-0.39, 0.29) is 5.91 Å². The molecular weight excluding hydrogens is 280 g/mol. The third-order valence-corrected chi connectivity index (χ3v) is 3.23. The lowest BCUT2D eigenvalue weighted by Gasteiger charge is -1.99. The molecule has 1 amide bonds. The predicted octanol–water partition coefficient (Wildman–Crippen LogP) is 1.02. The minimum atomic E-state index is -0.243. The number of nitrogens with zero attached hydrogens (tertiary/aromatic N) is 4. The fourth-order valence-corrected chi connectivity index (χ4v) is 2.11. The number of rotatable bonds is 7. The summed E-state index contributed by atoms with van der Waals surface area (Å²) in [5, 5.41) is 18.3. The van der Waals surface area contributed by atoms with Gasteiger partial charge in [0.25, 0.3) is 5.91 Å². The number of anilines is 1. The van der Waals surface area contributed by atoms with Crippen LogP contribution in [0.3, 0.4) is 0 Å². The van der Waals surface area contributed by atoms with Crippen molar-refractivity contribution >= 4 is 22.4 Å². The molecule has 0 aliphatic carbocycles. The second kappa shape index (κ2) is 6.94. The van der Waals surface area contributed by atoms with E-state index >= 15 is 0 Å². The molecule has 2 N–H and O–H groups in total. The monoisotopic (exact) mass is 296 g/mol. The van der Waals surface area contributed by atoms with Crippen molar-refractivity contribution in [3.63, 3.8) is 0 Å². The highest BCUT2D eigenvalue weighted by Gasteiger charge is 2.12. The zero-order chi connectivity index (χ0) is 14.4. The van der Waals surface area contributed by atoms with Gasteiger partial charge in [-0.2, -0.15) is 4.98 Å². The first-order valence-electron chi connectivity index (χ1n) is 6.33. The maximum Gasteiger partial charge on any atom is 0.282 e. The number of aryl methyl sites for hydroxylation is 1. The number of carbonyl (C=O) groups is 1. The standard InChI is InChI=1S/C11H16N6O2S/c1-3-5-13-11-16-15-10(20-11)9(18)12-6-4-8-14-7(2)19-17-8/h3-6H2,1-2H3,(H,12,18)(H,13,16). The minimum Gasteiger partial charge on any atom is -0.360 e. The van der Waals surface area contributed by atoms with Crippen molar-refractivity contribution in [1.82, 2.24) is 25.7 Å². The Balaban J connectivity index is 1.78. The van der Waals surface area contributed by atoms with Crippen molar-refractivity contribution in [2.45, 2.75) is 26.7 Å². The van der Waals surface area contributed by atoms with Crippen LogP contribution in [-0.4, -0.2) is 39.3 Å². The van der Waals surface area contributed by atoms with E-state index in [4.69, 9.17) is 4.52 Å². The van der Waals surface area contributed by atoms with Gasteiger partial charge in [0.05, 0.1) is 0 Å². The smallest absolute Gasteiger partial charge is 0.282 e. The third kappa shape index (κ3) is 3.98. The van der Waals surface area contributed by atoms with Gasteiger partial charge in [0.2, 0.25) is 16.0 Å². The second-order valence-electron chi connectivity index (χ2n) is 4.07. The molecular formula is C11H16N6O2S. The van der Waals surface area contributed by atoms with Gasteiger partial charge in [-0.3, -0.25) is 4.79 Å². The van der Waals surface area contributed by atoms with Gasteiger partial charge in [0, 0.05) is 26.4 Å². The van der Waals surface area contributed by atoms with E-state index < -0.39 is 0 Å². The van der Waals surface area contributed by atoms with Crippen LogP contribution in [0.4, 0.5) is 5.13 Å². The molecule has 8 nitrogen and oxygen atoms in total. The third-order valence-electron chi connectivity index (χ3n) is 2.35. The van der Waals surface area contributed by atoms with Gasteiger partial charge in [-0.15, -0.1) is 10.2 Å². The maximum absolute atomic E-state index is 11.8. The first-order chi connectivity index (χ1) is 9.69. The Morgan fingerprint density at radius 3 is 2.90 bits per heavy atom. The first kappa shape index (κ1) is 14.4. The van der Waals surface area contributed by atoms with E-state index in [0.717, 1.165) is 13.0 Å². The molecule has 0 aliphatic heterocycles. The summed E-state index contributed by atoms with van der Waals surface area (Å²) in [6.07, 6.45) is 1.51. The highest BCUT2D eigenvalue weighted by atomic mass is 32.1. The predicted molar refractivity (Wildman–Crippen MR) is 73.8 cm³/mol. The van der Waals surface area contributed by atoms with Crippen molar-refractivity contribution < 1.29 is 9.32 Å². The van der Waals surface area contributed by atoms with Gasteiger partial charge in [0.15, 0.2) is 5.82 Å². The van der Waals surface area contributed by atoms with Crippen LogP contribution in [0, 0.1) is 6.92 Å². The van der Waals surface area contributed by atoms with Gasteiger partial charge in [-0.1, -0.05) is 23.4 Å². The quantitative estimate of drug-likeness (QED) is 0.785.